The molecule has 0 unspecified atom stereocenters. The molecule has 0 bridgehead atoms. The van der Waals surface area contributed by atoms with Crippen LogP contribution < -0.4 is 0 Å². The third kappa shape index (κ3) is 1.83. The van der Waals surface area contributed by atoms with Crippen LogP contribution in [0.25, 0.3) is 10.9 Å². The Morgan fingerprint density at radius 1 is 1.27 bits per heavy atom. The Hall–Kier alpha value is -1.48. The van der Waals surface area contributed by atoms with Crippen molar-refractivity contribution in [2.24, 2.45) is 0 Å². The zero-order chi connectivity index (χ0) is 10.7. The normalized spacial score (nSPS) is 10.8. The first-order chi connectivity index (χ1) is 7.36. The largest absolute Gasteiger partial charge is 0.396 e. The number of aromatic nitrogens is 2. The van der Waals surface area contributed by atoms with Gasteiger partial charge in [0.2, 0.25) is 0 Å². The molecule has 0 aliphatic carbocycles. The van der Waals surface area contributed by atoms with Crippen LogP contribution in [-0.4, -0.2) is 21.9 Å². The van der Waals surface area contributed by atoms with Gasteiger partial charge < -0.3 is 5.11 Å². The molecule has 0 atom stereocenters. The molecule has 1 heterocycles. The quantitative estimate of drug-likeness (QED) is 0.824. The molecule has 78 valence electrons. The zero-order valence-electron chi connectivity index (χ0n) is 8.77. The number of aryl methyl sites for hydroxylation is 1. The molecule has 15 heavy (non-hydrogen) atoms. The Balaban J connectivity index is 2.65. The number of rotatable bonds is 3. The van der Waals surface area contributed by atoms with E-state index in [9.17, 15) is 0 Å². The summed E-state index contributed by atoms with van der Waals surface area (Å²) in [6.45, 7) is 2.26. The SMILES string of the molecule is CCc1cccc2c(CCO)cnnc12. The minimum atomic E-state index is 0.150. The van der Waals surface area contributed by atoms with Crippen LogP contribution in [0, 0.1) is 0 Å². The van der Waals surface area contributed by atoms with Gasteiger partial charge in [0.05, 0.1) is 11.7 Å². The summed E-state index contributed by atoms with van der Waals surface area (Å²) in [7, 11) is 0. The van der Waals surface area contributed by atoms with Crippen molar-refractivity contribution < 1.29 is 5.11 Å². The Bertz CT molecular complexity index is 468. The Morgan fingerprint density at radius 2 is 2.13 bits per heavy atom. The van der Waals surface area contributed by atoms with Crippen LogP contribution in [0.1, 0.15) is 18.1 Å². The first-order valence-electron chi connectivity index (χ1n) is 5.19. The third-order valence-corrected chi connectivity index (χ3v) is 2.60. The van der Waals surface area contributed by atoms with Gasteiger partial charge in [-0.15, -0.1) is 0 Å². The molecule has 1 N–H and O–H groups in total. The summed E-state index contributed by atoms with van der Waals surface area (Å²) < 4.78 is 0. The maximum Gasteiger partial charge on any atom is 0.0964 e. The van der Waals surface area contributed by atoms with Crippen molar-refractivity contribution in [3.05, 3.63) is 35.5 Å². The lowest BCUT2D eigenvalue weighted by Crippen LogP contribution is -1.97. The van der Waals surface area contributed by atoms with Gasteiger partial charge in [-0.25, -0.2) is 0 Å². The molecule has 0 fully saturated rings. The van der Waals surface area contributed by atoms with E-state index in [0.29, 0.717) is 6.42 Å². The molecule has 2 rings (SSSR count). The Kier molecular flexibility index (Phi) is 2.92. The van der Waals surface area contributed by atoms with Gasteiger partial charge in [-0.1, -0.05) is 25.1 Å². The molecule has 0 spiro atoms. The number of benzene rings is 1. The van der Waals surface area contributed by atoms with Crippen molar-refractivity contribution in [1.82, 2.24) is 10.2 Å². The van der Waals surface area contributed by atoms with Gasteiger partial charge in [-0.2, -0.15) is 10.2 Å². The smallest absolute Gasteiger partial charge is 0.0964 e. The molecular weight excluding hydrogens is 188 g/mol. The summed E-state index contributed by atoms with van der Waals surface area (Å²) in [5.41, 5.74) is 3.24. The van der Waals surface area contributed by atoms with E-state index in [2.05, 4.69) is 23.2 Å². The van der Waals surface area contributed by atoms with Crippen LogP contribution in [0.4, 0.5) is 0 Å². The molecule has 0 aliphatic heterocycles. The van der Waals surface area contributed by atoms with Gasteiger partial charge >= 0.3 is 0 Å². The molecule has 1 aromatic carbocycles. The first-order valence-corrected chi connectivity index (χ1v) is 5.19. The minimum absolute atomic E-state index is 0.150. The standard InChI is InChI=1S/C12H14N2O/c1-2-9-4-3-5-11-10(6-7-15)8-13-14-12(9)11/h3-5,8,15H,2,6-7H2,1H3. The molecular formula is C12H14N2O. The fourth-order valence-electron chi connectivity index (χ4n) is 1.80. The number of aliphatic hydroxyl groups is 1. The molecule has 0 saturated heterocycles. The lowest BCUT2D eigenvalue weighted by molar-refractivity contribution is 0.300. The van der Waals surface area contributed by atoms with Crippen molar-refractivity contribution in [1.29, 1.82) is 0 Å². The van der Waals surface area contributed by atoms with Crippen molar-refractivity contribution >= 4 is 10.9 Å². The highest BCUT2D eigenvalue weighted by Gasteiger charge is 2.05. The molecule has 1 aromatic heterocycles. The van der Waals surface area contributed by atoms with E-state index < -0.39 is 0 Å². The summed E-state index contributed by atoms with van der Waals surface area (Å²) in [6.07, 6.45) is 3.33. The number of hydrogen-bond donors (Lipinski definition) is 1. The van der Waals surface area contributed by atoms with Crippen LogP contribution in [0.2, 0.25) is 0 Å². The van der Waals surface area contributed by atoms with E-state index in [1.54, 1.807) is 6.20 Å². The topological polar surface area (TPSA) is 46.0 Å². The Labute approximate surface area is 88.8 Å². The van der Waals surface area contributed by atoms with Gasteiger partial charge in [0, 0.05) is 12.0 Å². The van der Waals surface area contributed by atoms with Gasteiger partial charge in [0.15, 0.2) is 0 Å². The Morgan fingerprint density at radius 3 is 2.87 bits per heavy atom. The number of nitrogens with zero attached hydrogens (tertiary/aromatic N) is 2. The zero-order valence-corrected chi connectivity index (χ0v) is 8.77. The van der Waals surface area contributed by atoms with Gasteiger partial charge in [-0.05, 0) is 24.0 Å². The molecule has 0 radical (unpaired) electrons. The number of fused-ring (bicyclic) bond motifs is 1. The maximum absolute atomic E-state index is 8.96. The first kappa shape index (κ1) is 10.1. The average Bonchev–Trinajstić information content (AvgIpc) is 2.29. The second kappa shape index (κ2) is 4.36. The van der Waals surface area contributed by atoms with Crippen LogP contribution in [0.3, 0.4) is 0 Å². The second-order valence-corrected chi connectivity index (χ2v) is 3.51. The molecule has 3 heteroatoms. The minimum Gasteiger partial charge on any atom is -0.396 e. The van der Waals surface area contributed by atoms with Crippen LogP contribution in [0.15, 0.2) is 24.4 Å². The van der Waals surface area contributed by atoms with E-state index in [4.69, 9.17) is 5.11 Å². The summed E-state index contributed by atoms with van der Waals surface area (Å²) >= 11 is 0. The summed E-state index contributed by atoms with van der Waals surface area (Å²) in [6, 6.07) is 6.14. The van der Waals surface area contributed by atoms with Crippen molar-refractivity contribution in [2.45, 2.75) is 19.8 Å². The van der Waals surface area contributed by atoms with E-state index in [1.165, 1.54) is 5.56 Å². The molecule has 0 amide bonds. The van der Waals surface area contributed by atoms with Crippen molar-refractivity contribution in [3.63, 3.8) is 0 Å². The van der Waals surface area contributed by atoms with E-state index in [1.807, 2.05) is 12.1 Å². The lowest BCUT2D eigenvalue weighted by Gasteiger charge is -2.06. The highest BCUT2D eigenvalue weighted by molar-refractivity contribution is 5.84. The van der Waals surface area contributed by atoms with Crippen LogP contribution in [-0.2, 0) is 12.8 Å². The second-order valence-electron chi connectivity index (χ2n) is 3.51. The number of aliphatic hydroxyl groups excluding tert-OH is 1. The van der Waals surface area contributed by atoms with Crippen molar-refractivity contribution in [2.75, 3.05) is 6.61 Å². The highest BCUT2D eigenvalue weighted by Crippen LogP contribution is 2.19. The van der Waals surface area contributed by atoms with Gasteiger partial charge in [0.25, 0.3) is 0 Å². The van der Waals surface area contributed by atoms with Crippen LogP contribution in [0.5, 0.6) is 0 Å². The fraction of sp³-hybridized carbons (Fsp3) is 0.333. The molecule has 3 nitrogen and oxygen atoms in total. The van der Waals surface area contributed by atoms with E-state index >= 15 is 0 Å². The van der Waals surface area contributed by atoms with Crippen LogP contribution >= 0.6 is 0 Å². The van der Waals surface area contributed by atoms with E-state index in [-0.39, 0.29) is 6.61 Å². The average molecular weight is 202 g/mol. The highest BCUT2D eigenvalue weighted by atomic mass is 16.2. The van der Waals surface area contributed by atoms with Crippen molar-refractivity contribution in [3.8, 4) is 0 Å². The van der Waals surface area contributed by atoms with Gasteiger partial charge in [0.1, 0.15) is 0 Å². The molecule has 2 aromatic rings. The maximum atomic E-state index is 8.96. The van der Waals surface area contributed by atoms with Gasteiger partial charge in [-0.3, -0.25) is 0 Å². The summed E-state index contributed by atoms with van der Waals surface area (Å²) in [5.74, 6) is 0. The fourth-order valence-corrected chi connectivity index (χ4v) is 1.80. The predicted octanol–water partition coefficient (Wildman–Crippen LogP) is 1.73. The lowest BCUT2D eigenvalue weighted by atomic mass is 10.0. The monoisotopic (exact) mass is 202 g/mol. The summed E-state index contributed by atoms with van der Waals surface area (Å²) in [5, 5.41) is 18.2. The predicted molar refractivity (Wildman–Crippen MR) is 59.7 cm³/mol. The van der Waals surface area contributed by atoms with E-state index in [0.717, 1.165) is 22.9 Å². The molecule has 0 aliphatic rings. The third-order valence-electron chi connectivity index (χ3n) is 2.60. The summed E-state index contributed by atoms with van der Waals surface area (Å²) in [4.78, 5) is 0. The number of hydrogen-bond acceptors (Lipinski definition) is 3. The molecule has 0 saturated carbocycles.